The minimum Gasteiger partial charge on any atom is -0.507 e. The zero-order valence-electron chi connectivity index (χ0n) is 10.9. The number of hydrazone groups is 1. The van der Waals surface area contributed by atoms with Crippen LogP contribution in [-0.4, -0.2) is 17.2 Å². The van der Waals surface area contributed by atoms with E-state index in [4.69, 9.17) is 0 Å². The van der Waals surface area contributed by atoms with Gasteiger partial charge in [0, 0.05) is 4.47 Å². The summed E-state index contributed by atoms with van der Waals surface area (Å²) in [6.45, 7) is 0. The molecule has 0 aromatic heterocycles. The third-order valence-electron chi connectivity index (χ3n) is 2.65. The maximum Gasteiger partial charge on any atom is 0.244 e. The van der Waals surface area contributed by atoms with Crippen LogP contribution in [0.3, 0.4) is 0 Å². The molecule has 0 atom stereocenters. The van der Waals surface area contributed by atoms with Gasteiger partial charge in [0.05, 0.1) is 16.2 Å². The molecule has 0 saturated heterocycles. The molecule has 0 saturated carbocycles. The van der Waals surface area contributed by atoms with Crippen LogP contribution in [0.4, 0.5) is 0 Å². The molecule has 0 unspecified atom stereocenters. The van der Waals surface area contributed by atoms with Crippen molar-refractivity contribution >= 4 is 50.6 Å². The summed E-state index contributed by atoms with van der Waals surface area (Å²) in [7, 11) is 0. The van der Waals surface area contributed by atoms with Crippen LogP contribution < -0.4 is 5.43 Å². The number of halogens is 2. The number of phenolic OH excluding ortho intramolecular Hbond substituents is 1. The van der Waals surface area contributed by atoms with Crippen molar-refractivity contribution in [2.24, 2.45) is 5.10 Å². The molecule has 2 N–H and O–H groups in total. The third kappa shape index (κ3) is 5.13. The normalized spacial score (nSPS) is 10.8. The number of nitrogens with zero attached hydrogens (tertiary/aromatic N) is 1. The van der Waals surface area contributed by atoms with E-state index in [9.17, 15) is 9.90 Å². The van der Waals surface area contributed by atoms with Gasteiger partial charge in [-0.05, 0) is 64.0 Å². The molecular weight excluding hydrogens is 447 g/mol. The Balaban J connectivity index is 1.89. The van der Waals surface area contributed by atoms with Crippen molar-refractivity contribution in [3.05, 3.63) is 61.6 Å². The number of amides is 1. The van der Waals surface area contributed by atoms with Crippen molar-refractivity contribution in [2.75, 3.05) is 0 Å². The first-order chi connectivity index (χ1) is 10.0. The van der Waals surface area contributed by atoms with Crippen LogP contribution >= 0.6 is 38.5 Å². The molecule has 0 aliphatic rings. The number of benzene rings is 2. The first-order valence-electron chi connectivity index (χ1n) is 6.09. The van der Waals surface area contributed by atoms with Crippen LogP contribution in [0.5, 0.6) is 5.75 Å². The minimum atomic E-state index is -0.179. The summed E-state index contributed by atoms with van der Waals surface area (Å²) in [6, 6.07) is 12.6. The molecule has 21 heavy (non-hydrogen) atoms. The maximum absolute atomic E-state index is 11.7. The number of phenols is 1. The number of nitrogens with one attached hydrogen (secondary N) is 1. The number of hydrogen-bond donors (Lipinski definition) is 2. The van der Waals surface area contributed by atoms with E-state index in [1.165, 1.54) is 0 Å². The minimum absolute atomic E-state index is 0.179. The molecule has 108 valence electrons. The smallest absolute Gasteiger partial charge is 0.244 e. The van der Waals surface area contributed by atoms with Gasteiger partial charge in [-0.25, -0.2) is 5.43 Å². The standard InChI is InChI=1S/C15H12BrIN2O2/c16-12-4-1-10(2-5-12)8-15(21)19-18-9-11-3-6-14(20)13(17)7-11/h1-7,9,20H,8H2,(H,19,21)/b18-9+. The van der Waals surface area contributed by atoms with E-state index in [1.54, 1.807) is 24.4 Å². The highest BCUT2D eigenvalue weighted by Gasteiger charge is 2.02. The summed E-state index contributed by atoms with van der Waals surface area (Å²) in [5, 5.41) is 13.3. The molecule has 1 amide bonds. The Morgan fingerprint density at radius 3 is 2.67 bits per heavy atom. The van der Waals surface area contributed by atoms with Crippen LogP contribution in [0.2, 0.25) is 0 Å². The molecule has 2 aromatic rings. The van der Waals surface area contributed by atoms with Crippen molar-refractivity contribution in [2.45, 2.75) is 6.42 Å². The summed E-state index contributed by atoms with van der Waals surface area (Å²) in [4.78, 5) is 11.7. The first-order valence-corrected chi connectivity index (χ1v) is 7.96. The predicted molar refractivity (Wildman–Crippen MR) is 94.4 cm³/mol. The molecule has 6 heteroatoms. The van der Waals surface area contributed by atoms with Gasteiger partial charge in [-0.1, -0.05) is 28.1 Å². The predicted octanol–water partition coefficient (Wildman–Crippen LogP) is 3.45. The van der Waals surface area contributed by atoms with E-state index >= 15 is 0 Å². The monoisotopic (exact) mass is 458 g/mol. The Kier molecular flexibility index (Phi) is 5.75. The van der Waals surface area contributed by atoms with Gasteiger partial charge in [0.15, 0.2) is 0 Å². The average molecular weight is 459 g/mol. The Morgan fingerprint density at radius 2 is 2.00 bits per heavy atom. The molecule has 2 aromatic carbocycles. The van der Waals surface area contributed by atoms with Gasteiger partial charge in [-0.2, -0.15) is 5.10 Å². The molecule has 0 fully saturated rings. The lowest BCUT2D eigenvalue weighted by Gasteiger charge is -2.01. The van der Waals surface area contributed by atoms with Crippen molar-refractivity contribution in [1.82, 2.24) is 5.43 Å². The van der Waals surface area contributed by atoms with Gasteiger partial charge in [-0.15, -0.1) is 0 Å². The van der Waals surface area contributed by atoms with Crippen molar-refractivity contribution in [1.29, 1.82) is 0 Å². The van der Waals surface area contributed by atoms with E-state index in [1.807, 2.05) is 46.9 Å². The zero-order valence-corrected chi connectivity index (χ0v) is 14.6. The lowest BCUT2D eigenvalue weighted by atomic mass is 10.1. The van der Waals surface area contributed by atoms with Crippen LogP contribution in [0.1, 0.15) is 11.1 Å². The second kappa shape index (κ2) is 7.56. The summed E-state index contributed by atoms with van der Waals surface area (Å²) in [6.07, 6.45) is 1.82. The summed E-state index contributed by atoms with van der Waals surface area (Å²) in [5.74, 6) is 0.0501. The highest BCUT2D eigenvalue weighted by Crippen LogP contribution is 2.19. The molecule has 0 bridgehead atoms. The molecule has 0 radical (unpaired) electrons. The van der Waals surface area contributed by atoms with Gasteiger partial charge in [0.25, 0.3) is 0 Å². The first kappa shape index (κ1) is 16.0. The van der Waals surface area contributed by atoms with Gasteiger partial charge in [0.1, 0.15) is 5.75 Å². The van der Waals surface area contributed by atoms with Crippen molar-refractivity contribution < 1.29 is 9.90 Å². The van der Waals surface area contributed by atoms with Crippen molar-refractivity contribution in [3.63, 3.8) is 0 Å². The lowest BCUT2D eigenvalue weighted by Crippen LogP contribution is -2.19. The highest BCUT2D eigenvalue weighted by atomic mass is 127. The molecule has 4 nitrogen and oxygen atoms in total. The van der Waals surface area contributed by atoms with Crippen molar-refractivity contribution in [3.8, 4) is 5.75 Å². The second-order valence-corrected chi connectivity index (χ2v) is 6.39. The fourth-order valence-electron chi connectivity index (χ4n) is 1.61. The maximum atomic E-state index is 11.7. The summed E-state index contributed by atoms with van der Waals surface area (Å²) < 4.78 is 1.71. The molecule has 2 rings (SSSR count). The molecule has 0 aliphatic heterocycles. The quantitative estimate of drug-likeness (QED) is 0.418. The van der Waals surface area contributed by atoms with Gasteiger partial charge in [0.2, 0.25) is 5.91 Å². The Bertz CT molecular complexity index is 672. The number of carbonyl (C=O) groups excluding carboxylic acids is 1. The molecule has 0 aliphatic carbocycles. The van der Waals surface area contributed by atoms with Crippen LogP contribution in [-0.2, 0) is 11.2 Å². The van der Waals surface area contributed by atoms with Crippen LogP contribution in [0.15, 0.2) is 52.0 Å². The molecule has 0 heterocycles. The Hall–Kier alpha value is -1.41. The highest BCUT2D eigenvalue weighted by molar-refractivity contribution is 14.1. The Labute approximate surface area is 144 Å². The number of aromatic hydroxyl groups is 1. The second-order valence-electron chi connectivity index (χ2n) is 4.31. The molecular formula is C15H12BrIN2O2. The van der Waals surface area contributed by atoms with E-state index in [0.29, 0.717) is 0 Å². The van der Waals surface area contributed by atoms with Crippen LogP contribution in [0, 0.1) is 3.57 Å². The SMILES string of the molecule is O=C(Cc1ccc(Br)cc1)N/N=C/c1ccc(O)c(I)c1. The fraction of sp³-hybridized carbons (Fsp3) is 0.0667. The molecule has 0 spiro atoms. The number of hydrogen-bond acceptors (Lipinski definition) is 3. The zero-order chi connectivity index (χ0) is 15.2. The summed E-state index contributed by atoms with van der Waals surface area (Å²) >= 11 is 5.38. The summed E-state index contributed by atoms with van der Waals surface area (Å²) in [5.41, 5.74) is 4.21. The number of rotatable bonds is 4. The van der Waals surface area contributed by atoms with E-state index in [0.717, 1.165) is 19.2 Å². The van der Waals surface area contributed by atoms with E-state index < -0.39 is 0 Å². The lowest BCUT2D eigenvalue weighted by molar-refractivity contribution is -0.120. The Morgan fingerprint density at radius 1 is 1.29 bits per heavy atom. The van der Waals surface area contributed by atoms with Gasteiger partial charge < -0.3 is 5.11 Å². The van der Waals surface area contributed by atoms with Gasteiger partial charge in [-0.3, -0.25) is 4.79 Å². The number of carbonyl (C=O) groups is 1. The van der Waals surface area contributed by atoms with Crippen LogP contribution in [0.25, 0.3) is 0 Å². The van der Waals surface area contributed by atoms with E-state index in [-0.39, 0.29) is 18.1 Å². The van der Waals surface area contributed by atoms with Gasteiger partial charge >= 0.3 is 0 Å². The fourth-order valence-corrected chi connectivity index (χ4v) is 2.41. The topological polar surface area (TPSA) is 61.7 Å². The van der Waals surface area contributed by atoms with E-state index in [2.05, 4.69) is 26.5 Å². The largest absolute Gasteiger partial charge is 0.507 e. The average Bonchev–Trinajstić information content (AvgIpc) is 2.45. The third-order valence-corrected chi connectivity index (χ3v) is 4.05.